The van der Waals surface area contributed by atoms with Crippen molar-refractivity contribution in [1.29, 1.82) is 0 Å². The maximum absolute atomic E-state index is 12.7. The van der Waals surface area contributed by atoms with Crippen LogP contribution in [-0.2, 0) is 20.7 Å². The van der Waals surface area contributed by atoms with Crippen molar-refractivity contribution in [3.63, 3.8) is 0 Å². The highest BCUT2D eigenvalue weighted by Crippen LogP contribution is 2.26. The summed E-state index contributed by atoms with van der Waals surface area (Å²) >= 11 is 0. The molecule has 0 bridgehead atoms. The van der Waals surface area contributed by atoms with E-state index in [1.807, 2.05) is 48.5 Å². The average Bonchev–Trinajstić information content (AvgIpc) is 3.01. The number of carboxylic acids is 1. The Kier molecular flexibility index (Phi) is 12.3. The van der Waals surface area contributed by atoms with Gasteiger partial charge in [0, 0.05) is 31.1 Å². The van der Waals surface area contributed by atoms with Crippen LogP contribution in [0.25, 0.3) is 11.1 Å². The summed E-state index contributed by atoms with van der Waals surface area (Å²) in [5.74, 6) is -2.26. The maximum Gasteiger partial charge on any atom is 0.337 e. The molecule has 3 aromatic carbocycles. The Morgan fingerprint density at radius 2 is 1.50 bits per heavy atom. The lowest BCUT2D eigenvalue weighted by Gasteiger charge is -2.18. The summed E-state index contributed by atoms with van der Waals surface area (Å²) in [4.78, 5) is 50.9. The number of carboxylic acid groups (broad SMARTS) is 1. The highest BCUT2D eigenvalue weighted by molar-refractivity contribution is 5.99. The Labute approximate surface area is 247 Å². The number of aliphatic carboxylic acids is 1. The predicted octanol–water partition coefficient (Wildman–Crippen LogP) is 6.28. The fourth-order valence-corrected chi connectivity index (χ4v) is 4.68. The van der Waals surface area contributed by atoms with Crippen LogP contribution in [0.3, 0.4) is 0 Å². The third-order valence-electron chi connectivity index (χ3n) is 7.23. The Balaban J connectivity index is 1.62. The molecule has 0 saturated carbocycles. The van der Waals surface area contributed by atoms with Gasteiger partial charge in [-0.2, -0.15) is 0 Å². The van der Waals surface area contributed by atoms with Crippen molar-refractivity contribution in [2.45, 2.75) is 64.3 Å². The van der Waals surface area contributed by atoms with E-state index >= 15 is 0 Å². The normalized spacial score (nSPS) is 11.4. The predicted molar refractivity (Wildman–Crippen MR) is 164 cm³/mol. The van der Waals surface area contributed by atoms with E-state index in [0.717, 1.165) is 35.2 Å². The molecule has 1 atom stereocenters. The Morgan fingerprint density at radius 3 is 2.19 bits per heavy atom. The van der Waals surface area contributed by atoms with Crippen molar-refractivity contribution >= 4 is 29.4 Å². The lowest BCUT2D eigenvalue weighted by Crippen LogP contribution is -2.42. The molecule has 42 heavy (non-hydrogen) atoms. The number of nitrogens with zero attached hydrogens (tertiary/aromatic N) is 1. The van der Waals surface area contributed by atoms with Gasteiger partial charge in [0.05, 0.1) is 12.7 Å². The number of carbonyl (C=O) groups excluding carboxylic acids is 3. The molecular weight excluding hydrogens is 532 g/mol. The third kappa shape index (κ3) is 9.29. The molecule has 0 aliphatic heterocycles. The number of anilines is 1. The molecule has 2 N–H and O–H groups in total. The van der Waals surface area contributed by atoms with E-state index in [9.17, 15) is 24.3 Å². The Morgan fingerprint density at radius 1 is 0.833 bits per heavy atom. The van der Waals surface area contributed by atoms with E-state index in [-0.39, 0.29) is 23.5 Å². The second kappa shape index (κ2) is 16.1. The SMILES string of the molecule is CCCCCCCCC(=O)N(C)c1cccc(-c2ccc(C[C@H](NC(=O)c3cccc(C(=O)OC)c3)C(=O)O)cc2)c1. The van der Waals surface area contributed by atoms with Crippen molar-refractivity contribution in [2.75, 3.05) is 19.1 Å². The van der Waals surface area contributed by atoms with E-state index in [2.05, 4.69) is 17.0 Å². The number of ether oxygens (including phenoxy) is 1. The van der Waals surface area contributed by atoms with Crippen molar-refractivity contribution in [3.05, 3.63) is 89.5 Å². The van der Waals surface area contributed by atoms with Gasteiger partial charge in [-0.05, 0) is 53.4 Å². The minimum absolute atomic E-state index is 0.0772. The van der Waals surface area contributed by atoms with Crippen LogP contribution >= 0.6 is 0 Å². The molecule has 0 fully saturated rings. The van der Waals surface area contributed by atoms with Crippen LogP contribution in [-0.4, -0.2) is 49.1 Å². The van der Waals surface area contributed by atoms with Crippen molar-refractivity contribution in [2.24, 2.45) is 0 Å². The molecule has 222 valence electrons. The Bertz CT molecular complexity index is 1370. The van der Waals surface area contributed by atoms with E-state index in [0.29, 0.717) is 6.42 Å². The molecular formula is C34H40N2O6. The van der Waals surface area contributed by atoms with Crippen LogP contribution in [0, 0.1) is 0 Å². The topological polar surface area (TPSA) is 113 Å². The van der Waals surface area contributed by atoms with Gasteiger partial charge in [-0.3, -0.25) is 9.59 Å². The van der Waals surface area contributed by atoms with Gasteiger partial charge >= 0.3 is 11.9 Å². The summed E-state index contributed by atoms with van der Waals surface area (Å²) in [6.07, 6.45) is 7.41. The average molecular weight is 573 g/mol. The number of rotatable bonds is 15. The summed E-state index contributed by atoms with van der Waals surface area (Å²) in [7, 11) is 3.04. The minimum atomic E-state index is -1.17. The molecule has 8 heteroatoms. The quantitative estimate of drug-likeness (QED) is 0.164. The minimum Gasteiger partial charge on any atom is -0.480 e. The first-order valence-corrected chi connectivity index (χ1v) is 14.4. The first kappa shape index (κ1) is 32.1. The smallest absolute Gasteiger partial charge is 0.337 e. The monoisotopic (exact) mass is 572 g/mol. The number of carbonyl (C=O) groups is 4. The molecule has 3 aromatic rings. The van der Waals surface area contributed by atoms with Gasteiger partial charge < -0.3 is 20.1 Å². The number of benzene rings is 3. The van der Waals surface area contributed by atoms with Gasteiger partial charge in [0.15, 0.2) is 0 Å². The molecule has 0 aliphatic carbocycles. The molecule has 0 heterocycles. The summed E-state index contributed by atoms with van der Waals surface area (Å²) < 4.78 is 4.69. The maximum atomic E-state index is 12.7. The molecule has 0 aromatic heterocycles. The van der Waals surface area contributed by atoms with Gasteiger partial charge in [0.2, 0.25) is 5.91 Å². The molecule has 0 spiro atoms. The van der Waals surface area contributed by atoms with Crippen LogP contribution in [0.1, 0.15) is 78.1 Å². The van der Waals surface area contributed by atoms with Crippen LogP contribution in [0.2, 0.25) is 0 Å². The number of methoxy groups -OCH3 is 1. The lowest BCUT2D eigenvalue weighted by molar-refractivity contribution is -0.139. The van der Waals surface area contributed by atoms with Gasteiger partial charge in [-0.25, -0.2) is 9.59 Å². The fraction of sp³-hybridized carbons (Fsp3) is 0.353. The second-order valence-corrected chi connectivity index (χ2v) is 10.4. The molecule has 2 amide bonds. The number of unbranched alkanes of at least 4 members (excludes halogenated alkanes) is 5. The van der Waals surface area contributed by atoms with Crippen LogP contribution in [0.4, 0.5) is 5.69 Å². The molecule has 0 unspecified atom stereocenters. The standard InChI is InChI=1S/C34H40N2O6/c1-4-5-6-7-8-9-16-31(37)36(2)29-15-11-12-26(23-29)25-19-17-24(18-20-25)21-30(33(39)40)35-32(38)27-13-10-14-28(22-27)34(41)42-3/h10-15,17-20,22-23,30H,4-9,16,21H2,1-3H3,(H,35,38)(H,39,40)/t30-/m0/s1. The molecule has 0 saturated heterocycles. The van der Waals surface area contributed by atoms with Crippen molar-refractivity contribution < 1.29 is 29.0 Å². The number of nitrogens with one attached hydrogen (secondary N) is 1. The van der Waals surface area contributed by atoms with E-state index in [1.54, 1.807) is 11.9 Å². The number of hydrogen-bond donors (Lipinski definition) is 2. The highest BCUT2D eigenvalue weighted by Gasteiger charge is 2.22. The first-order chi connectivity index (χ1) is 20.2. The fourth-order valence-electron chi connectivity index (χ4n) is 4.68. The first-order valence-electron chi connectivity index (χ1n) is 14.4. The van der Waals surface area contributed by atoms with Crippen LogP contribution in [0.15, 0.2) is 72.8 Å². The summed E-state index contributed by atoms with van der Waals surface area (Å²) in [5.41, 5.74) is 3.77. The number of hydrogen-bond acceptors (Lipinski definition) is 5. The number of esters is 1. The number of amides is 2. The largest absolute Gasteiger partial charge is 0.480 e. The second-order valence-electron chi connectivity index (χ2n) is 10.4. The molecule has 0 aliphatic rings. The third-order valence-corrected chi connectivity index (χ3v) is 7.23. The van der Waals surface area contributed by atoms with Gasteiger partial charge in [-0.15, -0.1) is 0 Å². The zero-order chi connectivity index (χ0) is 30.5. The van der Waals surface area contributed by atoms with E-state index in [4.69, 9.17) is 0 Å². The molecule has 8 nitrogen and oxygen atoms in total. The highest BCUT2D eigenvalue weighted by atomic mass is 16.5. The summed E-state index contributed by atoms with van der Waals surface area (Å²) in [6, 6.07) is 20.0. The van der Waals surface area contributed by atoms with Crippen molar-refractivity contribution in [3.8, 4) is 11.1 Å². The summed E-state index contributed by atoms with van der Waals surface area (Å²) in [5, 5.41) is 12.3. The van der Waals surface area contributed by atoms with E-state index in [1.165, 1.54) is 57.1 Å². The van der Waals surface area contributed by atoms with Crippen LogP contribution < -0.4 is 10.2 Å². The van der Waals surface area contributed by atoms with E-state index < -0.39 is 23.9 Å². The lowest BCUT2D eigenvalue weighted by atomic mass is 10.00. The van der Waals surface area contributed by atoms with Crippen LogP contribution in [0.5, 0.6) is 0 Å². The van der Waals surface area contributed by atoms with Crippen molar-refractivity contribution in [1.82, 2.24) is 5.32 Å². The van der Waals surface area contributed by atoms with Gasteiger partial charge in [0.1, 0.15) is 6.04 Å². The molecule has 0 radical (unpaired) electrons. The van der Waals surface area contributed by atoms with Gasteiger partial charge in [0.25, 0.3) is 5.91 Å². The zero-order valence-corrected chi connectivity index (χ0v) is 24.6. The molecule has 3 rings (SSSR count). The van der Waals surface area contributed by atoms with Gasteiger partial charge in [-0.1, -0.05) is 81.5 Å². The zero-order valence-electron chi connectivity index (χ0n) is 24.6. The summed E-state index contributed by atoms with van der Waals surface area (Å²) in [6.45, 7) is 2.19. The Hall–Kier alpha value is -4.46.